The number of anilines is 2. The van der Waals surface area contributed by atoms with Crippen LogP contribution in [0.25, 0.3) is 0 Å². The molecule has 3 rings (SSSR count). The molecule has 2 heterocycles. The van der Waals surface area contributed by atoms with Crippen LogP contribution in [0.5, 0.6) is 0 Å². The molecule has 1 aromatic carbocycles. The SMILES string of the molecule is CN(c1ncnc(N2CCN(Cc3ccccc3)CC2)c1[N+](=O)[O-])C(C)(C)C. The molecule has 8 nitrogen and oxygen atoms in total. The molecule has 0 radical (unpaired) electrons. The zero-order valence-electron chi connectivity index (χ0n) is 17.0. The predicted octanol–water partition coefficient (Wildman–Crippen LogP) is 2.94. The van der Waals surface area contributed by atoms with Crippen molar-refractivity contribution in [3.8, 4) is 0 Å². The van der Waals surface area contributed by atoms with Crippen LogP contribution in [0.15, 0.2) is 36.7 Å². The summed E-state index contributed by atoms with van der Waals surface area (Å²) < 4.78 is 0. The summed E-state index contributed by atoms with van der Waals surface area (Å²) >= 11 is 0. The predicted molar refractivity (Wildman–Crippen MR) is 111 cm³/mol. The highest BCUT2D eigenvalue weighted by atomic mass is 16.6. The molecular weight excluding hydrogens is 356 g/mol. The molecule has 1 aliphatic rings. The first-order chi connectivity index (χ1) is 13.3. The minimum Gasteiger partial charge on any atom is -0.349 e. The maximum Gasteiger partial charge on any atom is 0.353 e. The molecule has 150 valence electrons. The Morgan fingerprint density at radius 2 is 1.75 bits per heavy atom. The first-order valence-corrected chi connectivity index (χ1v) is 9.52. The molecule has 8 heteroatoms. The largest absolute Gasteiger partial charge is 0.353 e. The van der Waals surface area contributed by atoms with Gasteiger partial charge in [-0.1, -0.05) is 30.3 Å². The van der Waals surface area contributed by atoms with E-state index >= 15 is 0 Å². The Balaban J connectivity index is 1.78. The van der Waals surface area contributed by atoms with Crippen molar-refractivity contribution in [3.63, 3.8) is 0 Å². The smallest absolute Gasteiger partial charge is 0.349 e. The van der Waals surface area contributed by atoms with Gasteiger partial charge in [-0.15, -0.1) is 0 Å². The number of piperazine rings is 1. The van der Waals surface area contributed by atoms with Gasteiger partial charge in [-0.2, -0.15) is 0 Å². The Kier molecular flexibility index (Phi) is 5.79. The van der Waals surface area contributed by atoms with Crippen molar-refractivity contribution in [2.24, 2.45) is 0 Å². The number of benzene rings is 1. The number of hydrogen-bond donors (Lipinski definition) is 0. The number of nitro groups is 1. The van der Waals surface area contributed by atoms with Gasteiger partial charge in [0.25, 0.3) is 0 Å². The molecule has 1 saturated heterocycles. The first-order valence-electron chi connectivity index (χ1n) is 9.52. The molecule has 28 heavy (non-hydrogen) atoms. The van der Waals surface area contributed by atoms with Crippen LogP contribution in [0.4, 0.5) is 17.3 Å². The van der Waals surface area contributed by atoms with Gasteiger partial charge in [0.15, 0.2) is 0 Å². The third kappa shape index (κ3) is 4.39. The van der Waals surface area contributed by atoms with E-state index in [9.17, 15) is 10.1 Å². The van der Waals surface area contributed by atoms with Gasteiger partial charge in [0, 0.05) is 45.3 Å². The van der Waals surface area contributed by atoms with Crippen LogP contribution in [0, 0.1) is 10.1 Å². The highest BCUT2D eigenvalue weighted by Gasteiger charge is 2.33. The number of hydrogen-bond acceptors (Lipinski definition) is 7. The summed E-state index contributed by atoms with van der Waals surface area (Å²) in [6.45, 7) is 9.95. The van der Waals surface area contributed by atoms with E-state index in [4.69, 9.17) is 0 Å². The molecule has 1 fully saturated rings. The van der Waals surface area contributed by atoms with Crippen LogP contribution < -0.4 is 9.80 Å². The standard InChI is InChI=1S/C20H28N6O2/c1-20(2,3)23(4)18-17(26(27)28)19(22-15-21-18)25-12-10-24(11-13-25)14-16-8-6-5-7-9-16/h5-9,15H,10-14H2,1-4H3. The second kappa shape index (κ2) is 8.10. The zero-order chi connectivity index (χ0) is 20.3. The molecule has 0 saturated carbocycles. The van der Waals surface area contributed by atoms with Crippen LogP contribution in [-0.2, 0) is 6.54 Å². The molecule has 0 atom stereocenters. The van der Waals surface area contributed by atoms with E-state index in [1.54, 1.807) is 0 Å². The van der Waals surface area contributed by atoms with Crippen molar-refractivity contribution >= 4 is 17.3 Å². The van der Waals surface area contributed by atoms with E-state index in [-0.39, 0.29) is 16.1 Å². The molecule has 0 unspecified atom stereocenters. The summed E-state index contributed by atoms with van der Waals surface area (Å²) in [7, 11) is 1.83. The van der Waals surface area contributed by atoms with Gasteiger partial charge in [0.05, 0.1) is 4.92 Å². The lowest BCUT2D eigenvalue weighted by Gasteiger charge is -2.36. The lowest BCUT2D eigenvalue weighted by molar-refractivity contribution is -0.383. The summed E-state index contributed by atoms with van der Waals surface area (Å²) in [6, 6.07) is 10.3. The third-order valence-corrected chi connectivity index (χ3v) is 5.21. The molecule has 0 spiro atoms. The number of rotatable bonds is 5. The fourth-order valence-corrected chi connectivity index (χ4v) is 3.28. The fourth-order valence-electron chi connectivity index (χ4n) is 3.28. The van der Waals surface area contributed by atoms with Crippen molar-refractivity contribution in [2.75, 3.05) is 43.0 Å². The van der Waals surface area contributed by atoms with Crippen LogP contribution >= 0.6 is 0 Å². The average molecular weight is 384 g/mol. The Labute approximate surface area is 166 Å². The maximum atomic E-state index is 11.9. The minimum absolute atomic E-state index is 0.0172. The second-order valence-electron chi connectivity index (χ2n) is 8.11. The Morgan fingerprint density at radius 1 is 1.11 bits per heavy atom. The summed E-state index contributed by atoms with van der Waals surface area (Å²) in [5, 5.41) is 11.9. The van der Waals surface area contributed by atoms with E-state index in [0.717, 1.165) is 19.6 Å². The Bertz CT molecular complexity index is 813. The second-order valence-corrected chi connectivity index (χ2v) is 8.11. The number of nitrogens with zero attached hydrogens (tertiary/aromatic N) is 6. The lowest BCUT2D eigenvalue weighted by atomic mass is 10.1. The van der Waals surface area contributed by atoms with Gasteiger partial charge in [0.1, 0.15) is 6.33 Å². The topological polar surface area (TPSA) is 78.6 Å². The highest BCUT2D eigenvalue weighted by molar-refractivity contribution is 5.71. The average Bonchev–Trinajstić information content (AvgIpc) is 2.67. The van der Waals surface area contributed by atoms with Crippen LogP contribution in [0.2, 0.25) is 0 Å². The van der Waals surface area contributed by atoms with Gasteiger partial charge < -0.3 is 9.80 Å². The summed E-state index contributed by atoms with van der Waals surface area (Å²) in [5.41, 5.74) is 0.972. The molecular formula is C20H28N6O2. The quantitative estimate of drug-likeness (QED) is 0.579. The van der Waals surface area contributed by atoms with E-state index in [1.165, 1.54) is 11.9 Å². The first kappa shape index (κ1) is 20.0. The summed E-state index contributed by atoms with van der Waals surface area (Å²) in [4.78, 5) is 26.2. The summed E-state index contributed by atoms with van der Waals surface area (Å²) in [6.07, 6.45) is 1.43. The maximum absolute atomic E-state index is 11.9. The monoisotopic (exact) mass is 384 g/mol. The molecule has 0 amide bonds. The molecule has 1 aromatic heterocycles. The molecule has 0 N–H and O–H groups in total. The Hall–Kier alpha value is -2.74. The molecule has 0 bridgehead atoms. The van der Waals surface area contributed by atoms with Gasteiger partial charge >= 0.3 is 5.69 Å². The van der Waals surface area contributed by atoms with E-state index in [2.05, 4.69) is 27.0 Å². The van der Waals surface area contributed by atoms with Crippen molar-refractivity contribution < 1.29 is 4.92 Å². The molecule has 1 aliphatic heterocycles. The van der Waals surface area contributed by atoms with Crippen molar-refractivity contribution in [1.82, 2.24) is 14.9 Å². The fraction of sp³-hybridized carbons (Fsp3) is 0.500. The van der Waals surface area contributed by atoms with Crippen LogP contribution in [0.3, 0.4) is 0 Å². The van der Waals surface area contributed by atoms with Crippen LogP contribution in [0.1, 0.15) is 26.3 Å². The van der Waals surface area contributed by atoms with E-state index in [1.807, 2.05) is 55.8 Å². The molecule has 2 aromatic rings. The summed E-state index contributed by atoms with van der Waals surface area (Å²) in [5.74, 6) is 0.764. The molecule has 0 aliphatic carbocycles. The highest BCUT2D eigenvalue weighted by Crippen LogP contribution is 2.36. The normalized spacial score (nSPS) is 15.5. The van der Waals surface area contributed by atoms with Crippen molar-refractivity contribution in [3.05, 3.63) is 52.3 Å². The zero-order valence-corrected chi connectivity index (χ0v) is 17.0. The van der Waals surface area contributed by atoms with Gasteiger partial charge in [0.2, 0.25) is 11.6 Å². The number of aromatic nitrogens is 2. The van der Waals surface area contributed by atoms with Gasteiger partial charge in [-0.25, -0.2) is 9.97 Å². The third-order valence-electron chi connectivity index (χ3n) is 5.21. The van der Waals surface area contributed by atoms with E-state index in [0.29, 0.717) is 24.7 Å². The van der Waals surface area contributed by atoms with Gasteiger partial charge in [-0.3, -0.25) is 15.0 Å². The van der Waals surface area contributed by atoms with Crippen LogP contribution in [-0.4, -0.2) is 58.6 Å². The Morgan fingerprint density at radius 3 is 2.32 bits per heavy atom. The van der Waals surface area contributed by atoms with Crippen molar-refractivity contribution in [2.45, 2.75) is 32.9 Å². The minimum atomic E-state index is -0.358. The lowest BCUT2D eigenvalue weighted by Crippen LogP contribution is -2.46. The van der Waals surface area contributed by atoms with Gasteiger partial charge in [-0.05, 0) is 26.3 Å². The van der Waals surface area contributed by atoms with Crippen molar-refractivity contribution in [1.29, 1.82) is 0 Å². The van der Waals surface area contributed by atoms with E-state index < -0.39 is 0 Å².